The lowest BCUT2D eigenvalue weighted by Crippen LogP contribution is -2.38. The second-order valence-electron chi connectivity index (χ2n) is 13.1. The number of nitrogen functional groups attached to an aromatic ring is 1. The molecule has 302 valence electrons. The van der Waals surface area contributed by atoms with E-state index in [1.165, 1.54) is 53.6 Å². The van der Waals surface area contributed by atoms with Crippen LogP contribution in [0.2, 0.25) is 5.02 Å². The van der Waals surface area contributed by atoms with Gasteiger partial charge in [-0.15, -0.1) is 0 Å². The first-order chi connectivity index (χ1) is 28.1. The van der Waals surface area contributed by atoms with Crippen LogP contribution < -0.4 is 42.4 Å². The van der Waals surface area contributed by atoms with Crippen molar-refractivity contribution in [3.63, 3.8) is 0 Å². The van der Waals surface area contributed by atoms with Crippen LogP contribution in [0.25, 0.3) is 11.4 Å². The number of ether oxygens (including phenoxy) is 3. The van der Waals surface area contributed by atoms with E-state index in [4.69, 9.17) is 31.5 Å². The summed E-state index contributed by atoms with van der Waals surface area (Å²) in [5, 5.41) is 9.73. The van der Waals surface area contributed by atoms with Gasteiger partial charge >= 0.3 is 11.4 Å². The zero-order valence-electron chi connectivity index (χ0n) is 32.0. The third kappa shape index (κ3) is 8.95. The molecule has 7 aromatic rings. The van der Waals surface area contributed by atoms with Crippen molar-refractivity contribution in [3.8, 4) is 45.9 Å². The lowest BCUT2D eigenvalue weighted by Gasteiger charge is -2.16. The van der Waals surface area contributed by atoms with Gasteiger partial charge in [-0.05, 0) is 49.7 Å². The fraction of sp³-hybridized carbons (Fsp3) is 0.116. The normalized spacial score (nSPS) is 10.8. The summed E-state index contributed by atoms with van der Waals surface area (Å²) >= 11 is 6.01. The SMILES string of the molecule is Cc1cc(=O)n(-c2cc(Oc3ccccc3O)c(Cl)cc2F)c(=O)n1C.Cc1cc(=O)n(-c2cc(Oc3ccccc3OCc3ccccc3)c(N)cc2F)c(=O)n1C. The number of benzene rings is 5. The maximum absolute atomic E-state index is 14.8. The monoisotopic (exact) mass is 823 g/mol. The van der Waals surface area contributed by atoms with Crippen molar-refractivity contribution in [1.82, 2.24) is 18.3 Å². The highest BCUT2D eigenvalue weighted by molar-refractivity contribution is 6.32. The number of anilines is 1. The summed E-state index contributed by atoms with van der Waals surface area (Å²) in [5.74, 6) is -0.860. The zero-order valence-corrected chi connectivity index (χ0v) is 32.7. The third-order valence-electron chi connectivity index (χ3n) is 9.07. The van der Waals surface area contributed by atoms with Gasteiger partial charge in [-0.1, -0.05) is 66.2 Å². The van der Waals surface area contributed by atoms with Crippen molar-refractivity contribution in [2.75, 3.05) is 5.73 Å². The third-order valence-corrected chi connectivity index (χ3v) is 9.37. The summed E-state index contributed by atoms with van der Waals surface area (Å²) in [7, 11) is 2.97. The number of rotatable bonds is 9. The molecule has 0 aliphatic carbocycles. The smallest absolute Gasteiger partial charge is 0.335 e. The Kier molecular flexibility index (Phi) is 12.2. The summed E-state index contributed by atoms with van der Waals surface area (Å²) in [4.78, 5) is 49.8. The molecule has 0 atom stereocenters. The average molecular weight is 824 g/mol. The van der Waals surface area contributed by atoms with E-state index in [2.05, 4.69) is 0 Å². The molecule has 0 saturated heterocycles. The number of phenolic OH excluding ortho intramolecular Hbond substituents is 1. The van der Waals surface area contributed by atoms with Crippen LogP contribution >= 0.6 is 11.6 Å². The number of halogens is 3. The number of aromatic nitrogens is 4. The number of nitrogens with zero attached hydrogens (tertiary/aromatic N) is 4. The van der Waals surface area contributed by atoms with Crippen molar-refractivity contribution in [1.29, 1.82) is 0 Å². The summed E-state index contributed by atoms with van der Waals surface area (Å²) in [5.41, 5.74) is 4.59. The molecule has 0 aliphatic heterocycles. The minimum absolute atomic E-state index is 0.00565. The maximum Gasteiger partial charge on any atom is 0.335 e. The quantitative estimate of drug-likeness (QED) is 0.145. The Morgan fingerprint density at radius 2 is 1.08 bits per heavy atom. The highest BCUT2D eigenvalue weighted by Gasteiger charge is 2.19. The molecule has 2 heterocycles. The second-order valence-corrected chi connectivity index (χ2v) is 13.5. The van der Waals surface area contributed by atoms with E-state index in [-0.39, 0.29) is 45.1 Å². The van der Waals surface area contributed by atoms with Crippen LogP contribution in [0.4, 0.5) is 14.5 Å². The van der Waals surface area contributed by atoms with Gasteiger partial charge in [0.15, 0.2) is 28.7 Å². The van der Waals surface area contributed by atoms with E-state index in [9.17, 15) is 33.1 Å². The van der Waals surface area contributed by atoms with Gasteiger partial charge in [0.1, 0.15) is 24.0 Å². The molecule has 13 nitrogen and oxygen atoms in total. The first kappa shape index (κ1) is 41.2. The van der Waals surface area contributed by atoms with E-state index >= 15 is 0 Å². The molecule has 5 aromatic carbocycles. The highest BCUT2D eigenvalue weighted by Crippen LogP contribution is 2.37. The van der Waals surface area contributed by atoms with Crippen LogP contribution in [0.5, 0.6) is 34.5 Å². The van der Waals surface area contributed by atoms with E-state index in [1.807, 2.05) is 30.3 Å². The van der Waals surface area contributed by atoms with Crippen LogP contribution in [0.1, 0.15) is 17.0 Å². The van der Waals surface area contributed by atoms with Gasteiger partial charge in [-0.3, -0.25) is 9.59 Å². The summed E-state index contributed by atoms with van der Waals surface area (Å²) in [6, 6.07) is 29.5. The predicted octanol–water partition coefficient (Wildman–Crippen LogP) is 7.07. The van der Waals surface area contributed by atoms with Gasteiger partial charge in [0.25, 0.3) is 11.1 Å². The van der Waals surface area contributed by atoms with Gasteiger partial charge in [0.05, 0.1) is 22.1 Å². The molecule has 0 saturated carbocycles. The topological polar surface area (TPSA) is 162 Å². The largest absolute Gasteiger partial charge is 0.504 e. The fourth-order valence-corrected chi connectivity index (χ4v) is 5.86. The minimum Gasteiger partial charge on any atom is -0.504 e. The van der Waals surface area contributed by atoms with E-state index in [0.717, 1.165) is 28.3 Å². The van der Waals surface area contributed by atoms with E-state index < -0.39 is 34.1 Å². The van der Waals surface area contributed by atoms with Crippen molar-refractivity contribution >= 4 is 17.3 Å². The Balaban J connectivity index is 0.000000204. The van der Waals surface area contributed by atoms with Crippen LogP contribution in [-0.2, 0) is 20.7 Å². The molecule has 0 unspecified atom stereocenters. The van der Waals surface area contributed by atoms with E-state index in [1.54, 1.807) is 50.2 Å². The number of aryl methyl sites for hydroxylation is 2. The lowest BCUT2D eigenvalue weighted by molar-refractivity contribution is 0.291. The zero-order chi connectivity index (χ0) is 42.5. The van der Waals surface area contributed by atoms with E-state index in [0.29, 0.717) is 34.1 Å². The molecule has 0 radical (unpaired) electrons. The Morgan fingerprint density at radius 3 is 1.66 bits per heavy atom. The molecular weight excluding hydrogens is 788 g/mol. The van der Waals surface area contributed by atoms with Gasteiger partial charge in [-0.2, -0.15) is 0 Å². The summed E-state index contributed by atoms with van der Waals surface area (Å²) in [6.07, 6.45) is 0. The predicted molar refractivity (Wildman–Crippen MR) is 219 cm³/mol. The number of aromatic hydroxyl groups is 1. The van der Waals surface area contributed by atoms with Crippen molar-refractivity contribution in [3.05, 3.63) is 191 Å². The van der Waals surface area contributed by atoms with Gasteiger partial charge in [0.2, 0.25) is 0 Å². The molecule has 7 rings (SSSR count). The van der Waals surface area contributed by atoms with Crippen LogP contribution in [0, 0.1) is 25.5 Å². The first-order valence-corrected chi connectivity index (χ1v) is 18.1. The first-order valence-electron chi connectivity index (χ1n) is 17.7. The molecular formula is C43H36ClF2N5O8. The van der Waals surface area contributed by atoms with Crippen LogP contribution in [0.15, 0.2) is 134 Å². The van der Waals surface area contributed by atoms with Crippen molar-refractivity contribution < 1.29 is 28.1 Å². The summed E-state index contributed by atoms with van der Waals surface area (Å²) in [6.45, 7) is 3.53. The van der Waals surface area contributed by atoms with Gasteiger partial charge in [0, 0.05) is 55.8 Å². The number of nitrogens with two attached hydrogens (primary N) is 1. The molecule has 0 aliphatic rings. The Hall–Kier alpha value is -7.39. The molecule has 0 spiro atoms. The number of phenols is 1. The minimum atomic E-state index is -0.859. The van der Waals surface area contributed by atoms with Crippen molar-refractivity contribution in [2.24, 2.45) is 14.1 Å². The van der Waals surface area contributed by atoms with Crippen LogP contribution in [0.3, 0.4) is 0 Å². The van der Waals surface area contributed by atoms with Gasteiger partial charge in [-0.25, -0.2) is 27.5 Å². The molecule has 16 heteroatoms. The molecule has 0 fully saturated rings. The standard InChI is InChI=1S/C25H22FN3O4.C18H14ClFN2O4/c1-16-12-24(30)29(25(31)28(16)2)20-14-23(19(27)13-18(20)26)33-22-11-7-6-10-21(22)32-15-17-8-4-3-5-9-17;1-10-7-17(24)22(18(25)21(10)2)13-9-16(11(19)8-12(13)20)26-15-6-4-3-5-14(15)23/h3-14H,15,27H2,1-2H3;3-9,23H,1-2H3. The average Bonchev–Trinajstić information content (AvgIpc) is 3.20. The second kappa shape index (κ2) is 17.4. The number of hydrogen-bond donors (Lipinski definition) is 2. The Bertz CT molecular complexity index is 2950. The summed E-state index contributed by atoms with van der Waals surface area (Å²) < 4.78 is 50.5. The van der Waals surface area contributed by atoms with Crippen molar-refractivity contribution in [2.45, 2.75) is 20.5 Å². The highest BCUT2D eigenvalue weighted by atomic mass is 35.5. The fourth-order valence-electron chi connectivity index (χ4n) is 5.67. The molecule has 2 aromatic heterocycles. The maximum atomic E-state index is 14.8. The molecule has 0 amide bonds. The Morgan fingerprint density at radius 1 is 0.610 bits per heavy atom. The molecule has 59 heavy (non-hydrogen) atoms. The Labute approximate surface area is 339 Å². The van der Waals surface area contributed by atoms with Crippen LogP contribution in [-0.4, -0.2) is 23.4 Å². The number of para-hydroxylation sites is 4. The molecule has 3 N–H and O–H groups in total. The van der Waals surface area contributed by atoms with Gasteiger partial charge < -0.3 is 34.2 Å². The lowest BCUT2D eigenvalue weighted by atomic mass is 10.2. The number of hydrogen-bond acceptors (Lipinski definition) is 9. The molecule has 0 bridgehead atoms.